The SMILES string of the molecule is CC(=O)NCC(=O)N[C@@H](C)CO. The van der Waals surface area contributed by atoms with E-state index in [1.54, 1.807) is 6.92 Å². The molecular weight excluding hydrogens is 160 g/mol. The number of aliphatic hydroxyl groups excluding tert-OH is 1. The summed E-state index contributed by atoms with van der Waals surface area (Å²) >= 11 is 0. The Hall–Kier alpha value is -1.10. The van der Waals surface area contributed by atoms with Gasteiger partial charge in [0.1, 0.15) is 0 Å². The zero-order valence-electron chi connectivity index (χ0n) is 7.26. The molecule has 0 saturated carbocycles. The number of carbonyl (C=O) groups is 2. The smallest absolute Gasteiger partial charge is 0.239 e. The number of hydrogen-bond acceptors (Lipinski definition) is 3. The summed E-state index contributed by atoms with van der Waals surface area (Å²) in [4.78, 5) is 21.2. The maximum Gasteiger partial charge on any atom is 0.239 e. The molecule has 0 aromatic rings. The first-order valence-corrected chi connectivity index (χ1v) is 3.71. The number of hydrogen-bond donors (Lipinski definition) is 3. The molecule has 0 aliphatic rings. The summed E-state index contributed by atoms with van der Waals surface area (Å²) in [5.74, 6) is -0.548. The number of nitrogens with one attached hydrogen (secondary N) is 2. The van der Waals surface area contributed by atoms with E-state index in [1.165, 1.54) is 6.92 Å². The summed E-state index contributed by atoms with van der Waals surface area (Å²) in [5, 5.41) is 13.4. The van der Waals surface area contributed by atoms with Crippen LogP contribution in [0.5, 0.6) is 0 Å². The molecule has 0 rings (SSSR count). The molecule has 0 saturated heterocycles. The van der Waals surface area contributed by atoms with Gasteiger partial charge in [0, 0.05) is 13.0 Å². The molecule has 0 radical (unpaired) electrons. The number of aliphatic hydroxyl groups is 1. The molecule has 12 heavy (non-hydrogen) atoms. The van der Waals surface area contributed by atoms with Gasteiger partial charge in [0.2, 0.25) is 11.8 Å². The normalized spacial score (nSPS) is 11.9. The van der Waals surface area contributed by atoms with Gasteiger partial charge in [0.25, 0.3) is 0 Å². The molecular formula is C7H14N2O3. The third kappa shape index (κ3) is 5.67. The fourth-order valence-electron chi connectivity index (χ4n) is 0.576. The van der Waals surface area contributed by atoms with E-state index in [1.807, 2.05) is 0 Å². The zero-order chi connectivity index (χ0) is 9.56. The van der Waals surface area contributed by atoms with Gasteiger partial charge in [-0.3, -0.25) is 9.59 Å². The Morgan fingerprint density at radius 2 is 2.08 bits per heavy atom. The van der Waals surface area contributed by atoms with Crippen LogP contribution in [-0.2, 0) is 9.59 Å². The van der Waals surface area contributed by atoms with Crippen LogP contribution in [0.15, 0.2) is 0 Å². The largest absolute Gasteiger partial charge is 0.394 e. The molecule has 3 N–H and O–H groups in total. The molecule has 5 nitrogen and oxygen atoms in total. The lowest BCUT2D eigenvalue weighted by molar-refractivity contribution is -0.125. The van der Waals surface area contributed by atoms with Crippen molar-refractivity contribution in [3.63, 3.8) is 0 Å². The number of carbonyl (C=O) groups excluding carboxylic acids is 2. The molecule has 0 bridgehead atoms. The topological polar surface area (TPSA) is 78.4 Å². The standard InChI is InChI=1S/C7H14N2O3/c1-5(4-10)9-7(12)3-8-6(2)11/h5,10H,3-4H2,1-2H3,(H,8,11)(H,9,12)/t5-/m0/s1. The molecule has 0 aromatic carbocycles. The second-order valence-electron chi connectivity index (χ2n) is 2.56. The van der Waals surface area contributed by atoms with Crippen LogP contribution in [-0.4, -0.2) is 36.1 Å². The zero-order valence-corrected chi connectivity index (χ0v) is 7.26. The summed E-state index contributed by atoms with van der Waals surface area (Å²) in [7, 11) is 0. The van der Waals surface area contributed by atoms with E-state index in [0.717, 1.165) is 0 Å². The minimum absolute atomic E-state index is 0.0420. The first-order valence-electron chi connectivity index (χ1n) is 3.71. The number of rotatable bonds is 4. The molecule has 0 spiro atoms. The van der Waals surface area contributed by atoms with Crippen molar-refractivity contribution >= 4 is 11.8 Å². The average molecular weight is 174 g/mol. The predicted octanol–water partition coefficient (Wildman–Crippen LogP) is -1.38. The highest BCUT2D eigenvalue weighted by Gasteiger charge is 2.05. The van der Waals surface area contributed by atoms with Gasteiger partial charge in [-0.05, 0) is 6.92 Å². The lowest BCUT2D eigenvalue weighted by atomic mass is 10.3. The number of amides is 2. The van der Waals surface area contributed by atoms with E-state index in [-0.39, 0.29) is 31.0 Å². The van der Waals surface area contributed by atoms with Crippen LogP contribution in [0.3, 0.4) is 0 Å². The van der Waals surface area contributed by atoms with Crippen molar-refractivity contribution < 1.29 is 14.7 Å². The van der Waals surface area contributed by atoms with Crippen molar-refractivity contribution in [2.75, 3.05) is 13.2 Å². The minimum atomic E-state index is -0.299. The van der Waals surface area contributed by atoms with Crippen LogP contribution in [0, 0.1) is 0 Å². The summed E-state index contributed by atoms with van der Waals surface area (Å²) in [6, 6.07) is -0.272. The van der Waals surface area contributed by atoms with Crippen LogP contribution in [0.1, 0.15) is 13.8 Å². The van der Waals surface area contributed by atoms with Crippen molar-refractivity contribution in [2.24, 2.45) is 0 Å². The monoisotopic (exact) mass is 174 g/mol. The van der Waals surface area contributed by atoms with Crippen LogP contribution in [0.25, 0.3) is 0 Å². The van der Waals surface area contributed by atoms with Gasteiger partial charge in [0.05, 0.1) is 13.2 Å². The first kappa shape index (κ1) is 10.9. The molecule has 0 unspecified atom stereocenters. The van der Waals surface area contributed by atoms with Crippen LogP contribution in [0.4, 0.5) is 0 Å². The fourth-order valence-corrected chi connectivity index (χ4v) is 0.576. The Morgan fingerprint density at radius 1 is 1.50 bits per heavy atom. The van der Waals surface area contributed by atoms with Gasteiger partial charge in [-0.25, -0.2) is 0 Å². The molecule has 0 aromatic heterocycles. The van der Waals surface area contributed by atoms with E-state index < -0.39 is 0 Å². The Bertz CT molecular complexity index is 170. The molecule has 0 aliphatic heterocycles. The molecule has 70 valence electrons. The van der Waals surface area contributed by atoms with Crippen LogP contribution >= 0.6 is 0 Å². The van der Waals surface area contributed by atoms with E-state index in [9.17, 15) is 9.59 Å². The highest BCUT2D eigenvalue weighted by molar-refractivity contribution is 5.83. The quantitative estimate of drug-likeness (QED) is 0.491. The Kier molecular flexibility index (Phi) is 5.03. The lowest BCUT2D eigenvalue weighted by Gasteiger charge is -2.10. The third-order valence-electron chi connectivity index (χ3n) is 1.18. The summed E-state index contributed by atoms with van der Waals surface area (Å²) < 4.78 is 0. The van der Waals surface area contributed by atoms with Crippen LogP contribution in [0.2, 0.25) is 0 Å². The minimum Gasteiger partial charge on any atom is -0.394 e. The summed E-state index contributed by atoms with van der Waals surface area (Å²) in [5.41, 5.74) is 0. The Labute approximate surface area is 71.1 Å². The molecule has 1 atom stereocenters. The second kappa shape index (κ2) is 5.54. The predicted molar refractivity (Wildman–Crippen MR) is 43.4 cm³/mol. The first-order chi connectivity index (χ1) is 5.56. The van der Waals surface area contributed by atoms with Crippen molar-refractivity contribution in [3.8, 4) is 0 Å². The van der Waals surface area contributed by atoms with Gasteiger partial charge in [-0.2, -0.15) is 0 Å². The Morgan fingerprint density at radius 3 is 2.50 bits per heavy atom. The van der Waals surface area contributed by atoms with E-state index in [2.05, 4.69) is 10.6 Å². The van der Waals surface area contributed by atoms with Crippen molar-refractivity contribution in [1.29, 1.82) is 0 Å². The molecule has 0 heterocycles. The van der Waals surface area contributed by atoms with E-state index in [4.69, 9.17) is 5.11 Å². The fraction of sp³-hybridized carbons (Fsp3) is 0.714. The highest BCUT2D eigenvalue weighted by Crippen LogP contribution is 1.77. The van der Waals surface area contributed by atoms with Gasteiger partial charge in [-0.15, -0.1) is 0 Å². The van der Waals surface area contributed by atoms with Crippen LogP contribution < -0.4 is 10.6 Å². The maximum absolute atomic E-state index is 10.9. The molecule has 5 heteroatoms. The maximum atomic E-state index is 10.9. The van der Waals surface area contributed by atoms with Gasteiger partial charge < -0.3 is 15.7 Å². The van der Waals surface area contributed by atoms with Gasteiger partial charge in [-0.1, -0.05) is 0 Å². The second-order valence-corrected chi connectivity index (χ2v) is 2.56. The molecule has 0 aliphatic carbocycles. The highest BCUT2D eigenvalue weighted by atomic mass is 16.3. The van der Waals surface area contributed by atoms with Crippen molar-refractivity contribution in [3.05, 3.63) is 0 Å². The van der Waals surface area contributed by atoms with Crippen molar-refractivity contribution in [1.82, 2.24) is 10.6 Å². The Balaban J connectivity index is 3.53. The van der Waals surface area contributed by atoms with E-state index in [0.29, 0.717) is 0 Å². The summed E-state index contributed by atoms with van der Waals surface area (Å²) in [6.45, 7) is 2.86. The van der Waals surface area contributed by atoms with E-state index >= 15 is 0 Å². The molecule has 2 amide bonds. The average Bonchev–Trinajstić information content (AvgIpc) is 2.00. The van der Waals surface area contributed by atoms with Crippen molar-refractivity contribution in [2.45, 2.75) is 19.9 Å². The third-order valence-corrected chi connectivity index (χ3v) is 1.18. The summed E-state index contributed by atoms with van der Waals surface area (Å²) in [6.07, 6.45) is 0. The van der Waals surface area contributed by atoms with Gasteiger partial charge in [0.15, 0.2) is 0 Å². The molecule has 0 fully saturated rings. The van der Waals surface area contributed by atoms with Gasteiger partial charge >= 0.3 is 0 Å². The lowest BCUT2D eigenvalue weighted by Crippen LogP contribution is -2.41.